The zero-order valence-corrected chi connectivity index (χ0v) is 8.01. The second kappa shape index (κ2) is 2.49. The van der Waals surface area contributed by atoms with E-state index in [1.165, 1.54) is 38.5 Å². The zero-order valence-electron chi connectivity index (χ0n) is 8.01. The minimum atomic E-state index is 0.338. The number of hydrogen-bond acceptors (Lipinski definition) is 1. The van der Waals surface area contributed by atoms with Crippen molar-refractivity contribution in [3.05, 3.63) is 0 Å². The van der Waals surface area contributed by atoms with Crippen LogP contribution >= 0.6 is 0 Å². The largest absolute Gasteiger partial charge is 0.355 e. The fraction of sp³-hybridized carbons (Fsp3) is 0.909. The predicted molar refractivity (Wildman–Crippen MR) is 50.1 cm³/mol. The van der Waals surface area contributed by atoms with E-state index < -0.39 is 0 Å². The maximum atomic E-state index is 11.4. The molecule has 2 atom stereocenters. The smallest absolute Gasteiger partial charge is 0.223 e. The van der Waals surface area contributed by atoms with Crippen molar-refractivity contribution < 1.29 is 4.79 Å². The van der Waals surface area contributed by atoms with Crippen LogP contribution < -0.4 is 5.32 Å². The Bertz CT molecular complexity index is 244. The Morgan fingerprint density at radius 1 is 1.23 bits per heavy atom. The molecule has 0 aromatic rings. The summed E-state index contributed by atoms with van der Waals surface area (Å²) in [7, 11) is 0. The van der Waals surface area contributed by atoms with E-state index in [0.29, 0.717) is 17.2 Å². The first-order chi connectivity index (χ1) is 6.33. The van der Waals surface area contributed by atoms with Crippen molar-refractivity contribution in [2.75, 3.05) is 6.54 Å². The first-order valence-corrected chi connectivity index (χ1v) is 5.61. The van der Waals surface area contributed by atoms with Crippen LogP contribution in [0.1, 0.15) is 38.5 Å². The van der Waals surface area contributed by atoms with Crippen LogP contribution in [0, 0.1) is 17.3 Å². The summed E-state index contributed by atoms with van der Waals surface area (Å²) in [4.78, 5) is 11.4. The highest BCUT2D eigenvalue weighted by Gasteiger charge is 2.65. The van der Waals surface area contributed by atoms with Crippen molar-refractivity contribution in [3.8, 4) is 0 Å². The topological polar surface area (TPSA) is 29.1 Å². The number of nitrogens with one attached hydrogen (secondary N) is 1. The molecule has 1 N–H and O–H groups in total. The van der Waals surface area contributed by atoms with Crippen molar-refractivity contribution >= 4 is 5.91 Å². The quantitative estimate of drug-likeness (QED) is 0.652. The second-order valence-corrected chi connectivity index (χ2v) is 5.04. The molecule has 2 saturated carbocycles. The van der Waals surface area contributed by atoms with Gasteiger partial charge in [0.2, 0.25) is 5.91 Å². The van der Waals surface area contributed by atoms with Crippen molar-refractivity contribution in [2.45, 2.75) is 38.5 Å². The highest BCUT2D eigenvalue weighted by atomic mass is 16.2. The maximum Gasteiger partial charge on any atom is 0.223 e. The number of amides is 1. The first-order valence-electron chi connectivity index (χ1n) is 5.61. The van der Waals surface area contributed by atoms with Crippen LogP contribution in [-0.4, -0.2) is 12.5 Å². The molecule has 1 heterocycles. The molecule has 1 amide bonds. The summed E-state index contributed by atoms with van der Waals surface area (Å²) in [5.74, 6) is 1.62. The minimum Gasteiger partial charge on any atom is -0.355 e. The average molecular weight is 179 g/mol. The average Bonchev–Trinajstić information content (AvgIpc) is 2.85. The van der Waals surface area contributed by atoms with Gasteiger partial charge in [0.1, 0.15) is 0 Å². The van der Waals surface area contributed by atoms with Crippen LogP contribution in [0.4, 0.5) is 0 Å². The van der Waals surface area contributed by atoms with Crippen LogP contribution in [-0.2, 0) is 4.79 Å². The van der Waals surface area contributed by atoms with E-state index in [9.17, 15) is 4.79 Å². The summed E-state index contributed by atoms with van der Waals surface area (Å²) in [6.45, 7) is 0.987. The number of carbonyl (C=O) groups is 1. The van der Waals surface area contributed by atoms with Gasteiger partial charge in [-0.1, -0.05) is 19.3 Å². The Balaban J connectivity index is 1.75. The molecule has 0 spiro atoms. The molecule has 2 aliphatic carbocycles. The van der Waals surface area contributed by atoms with E-state index in [-0.39, 0.29) is 0 Å². The summed E-state index contributed by atoms with van der Waals surface area (Å²) in [6.07, 6.45) is 8.17. The molecule has 0 aromatic heterocycles. The third kappa shape index (κ3) is 0.976. The van der Waals surface area contributed by atoms with E-state index in [1.807, 2.05) is 0 Å². The number of piperidine rings is 1. The molecule has 72 valence electrons. The third-order valence-electron chi connectivity index (χ3n) is 4.44. The van der Waals surface area contributed by atoms with Gasteiger partial charge in [-0.25, -0.2) is 0 Å². The van der Waals surface area contributed by atoms with Gasteiger partial charge in [0, 0.05) is 17.9 Å². The number of hydrogen-bond donors (Lipinski definition) is 1. The molecule has 3 aliphatic rings. The molecule has 3 rings (SSSR count). The number of rotatable bonds is 1. The fourth-order valence-electron chi connectivity index (χ4n) is 3.52. The molecule has 3 fully saturated rings. The maximum absolute atomic E-state index is 11.4. The van der Waals surface area contributed by atoms with E-state index >= 15 is 0 Å². The van der Waals surface area contributed by atoms with Gasteiger partial charge in [-0.15, -0.1) is 0 Å². The monoisotopic (exact) mass is 179 g/mol. The van der Waals surface area contributed by atoms with Gasteiger partial charge in [-0.3, -0.25) is 4.79 Å². The van der Waals surface area contributed by atoms with Crippen LogP contribution in [0.25, 0.3) is 0 Å². The van der Waals surface area contributed by atoms with Gasteiger partial charge in [0.15, 0.2) is 0 Å². The van der Waals surface area contributed by atoms with Crippen LogP contribution in [0.5, 0.6) is 0 Å². The van der Waals surface area contributed by atoms with Crippen LogP contribution in [0.15, 0.2) is 0 Å². The molecular formula is C11H17NO. The summed E-state index contributed by atoms with van der Waals surface area (Å²) in [5.41, 5.74) is 0.442. The molecule has 1 aliphatic heterocycles. The molecule has 0 radical (unpaired) electrons. The van der Waals surface area contributed by atoms with Gasteiger partial charge in [-0.05, 0) is 25.2 Å². The molecule has 1 saturated heterocycles. The lowest BCUT2D eigenvalue weighted by molar-refractivity contribution is -0.120. The van der Waals surface area contributed by atoms with E-state index in [1.54, 1.807) is 0 Å². The summed E-state index contributed by atoms with van der Waals surface area (Å²) < 4.78 is 0. The van der Waals surface area contributed by atoms with E-state index in [2.05, 4.69) is 5.32 Å². The van der Waals surface area contributed by atoms with E-state index in [4.69, 9.17) is 0 Å². The van der Waals surface area contributed by atoms with Crippen molar-refractivity contribution in [1.29, 1.82) is 0 Å². The normalized spacial score (nSPS) is 44.3. The van der Waals surface area contributed by atoms with Gasteiger partial charge in [0.05, 0.1) is 0 Å². The van der Waals surface area contributed by atoms with Crippen LogP contribution in [0.3, 0.4) is 0 Å². The highest BCUT2D eigenvalue weighted by Crippen LogP contribution is 2.63. The Morgan fingerprint density at radius 3 is 2.54 bits per heavy atom. The van der Waals surface area contributed by atoms with Gasteiger partial charge < -0.3 is 5.32 Å². The van der Waals surface area contributed by atoms with Gasteiger partial charge in [0.25, 0.3) is 0 Å². The molecule has 0 bridgehead atoms. The highest BCUT2D eigenvalue weighted by molar-refractivity contribution is 5.85. The zero-order chi connectivity index (χ0) is 8.89. The molecular weight excluding hydrogens is 162 g/mol. The van der Waals surface area contributed by atoms with Crippen molar-refractivity contribution in [1.82, 2.24) is 5.32 Å². The van der Waals surface area contributed by atoms with Crippen molar-refractivity contribution in [3.63, 3.8) is 0 Å². The molecule has 2 unspecified atom stereocenters. The number of fused-ring (bicyclic) bond motifs is 1. The lowest BCUT2D eigenvalue weighted by Gasteiger charge is -2.28. The fourth-order valence-corrected chi connectivity index (χ4v) is 3.52. The molecule has 2 nitrogen and oxygen atoms in total. The summed E-state index contributed by atoms with van der Waals surface area (Å²) in [6, 6.07) is 0. The van der Waals surface area contributed by atoms with Gasteiger partial charge in [-0.2, -0.15) is 0 Å². The van der Waals surface area contributed by atoms with Crippen molar-refractivity contribution in [2.24, 2.45) is 17.3 Å². The third-order valence-corrected chi connectivity index (χ3v) is 4.44. The minimum absolute atomic E-state index is 0.338. The standard InChI is InChI=1S/C11H17NO/c13-10-9-6-11(9,7-12-10)8-4-2-1-3-5-8/h8-9H,1-7H2,(H,12,13). The first kappa shape index (κ1) is 7.84. The van der Waals surface area contributed by atoms with Crippen LogP contribution in [0.2, 0.25) is 0 Å². The van der Waals surface area contributed by atoms with E-state index in [0.717, 1.165) is 12.5 Å². The Morgan fingerprint density at radius 2 is 2.00 bits per heavy atom. The molecule has 2 heteroatoms. The SMILES string of the molecule is O=C1NCC2(C3CCCCC3)CC12. The Hall–Kier alpha value is -0.530. The predicted octanol–water partition coefficient (Wildman–Crippen LogP) is 1.70. The second-order valence-electron chi connectivity index (χ2n) is 5.04. The lowest BCUT2D eigenvalue weighted by atomic mass is 9.77. The lowest BCUT2D eigenvalue weighted by Crippen LogP contribution is -2.26. The summed E-state index contributed by atoms with van der Waals surface area (Å²) in [5, 5.41) is 3.02. The number of carbonyl (C=O) groups excluding carboxylic acids is 1. The Labute approximate surface area is 79.1 Å². The van der Waals surface area contributed by atoms with Gasteiger partial charge >= 0.3 is 0 Å². The molecule has 13 heavy (non-hydrogen) atoms. The summed E-state index contributed by atoms with van der Waals surface area (Å²) >= 11 is 0. The molecule has 0 aromatic carbocycles. The Kier molecular flexibility index (Phi) is 1.50.